The number of hydrogen-bond acceptors (Lipinski definition) is 1. The number of hydrogen-bond donors (Lipinski definition) is 0. The summed E-state index contributed by atoms with van der Waals surface area (Å²) in [5.41, 5.74) is -0.0307. The van der Waals surface area contributed by atoms with Crippen molar-refractivity contribution in [2.24, 2.45) is 17.3 Å². The molecule has 1 unspecified atom stereocenters. The molecular formula is C10H17N. The van der Waals surface area contributed by atoms with E-state index in [0.29, 0.717) is 0 Å². The maximum atomic E-state index is 8.94. The van der Waals surface area contributed by atoms with Gasteiger partial charge in [0.1, 0.15) is 0 Å². The van der Waals surface area contributed by atoms with Gasteiger partial charge in [-0.25, -0.2) is 0 Å². The van der Waals surface area contributed by atoms with Crippen LogP contribution in [0.25, 0.3) is 0 Å². The van der Waals surface area contributed by atoms with Gasteiger partial charge in [0.05, 0.1) is 11.5 Å². The van der Waals surface area contributed by atoms with Gasteiger partial charge in [-0.05, 0) is 38.0 Å². The molecule has 0 radical (unpaired) electrons. The van der Waals surface area contributed by atoms with Crippen molar-refractivity contribution in [3.05, 3.63) is 0 Å². The van der Waals surface area contributed by atoms with Crippen molar-refractivity contribution < 1.29 is 0 Å². The highest BCUT2D eigenvalue weighted by Crippen LogP contribution is 2.41. The quantitative estimate of drug-likeness (QED) is 0.522. The first-order valence-electron chi connectivity index (χ1n) is 4.47. The minimum absolute atomic E-state index is 0.0307. The van der Waals surface area contributed by atoms with E-state index in [1.807, 2.05) is 0 Å². The van der Waals surface area contributed by atoms with Gasteiger partial charge in [-0.1, -0.05) is 13.8 Å². The van der Waals surface area contributed by atoms with Crippen LogP contribution in [0.4, 0.5) is 0 Å². The molecule has 0 amide bonds. The maximum absolute atomic E-state index is 8.94. The molecule has 3 atom stereocenters. The summed E-state index contributed by atoms with van der Waals surface area (Å²) in [5, 5.41) is 8.94. The molecule has 1 saturated carbocycles. The fourth-order valence-corrected chi connectivity index (χ4v) is 2.57. The van der Waals surface area contributed by atoms with Crippen LogP contribution in [0, 0.1) is 28.6 Å². The zero-order chi connectivity index (χ0) is 8.48. The smallest absolute Gasteiger partial charge is 0.0687 e. The van der Waals surface area contributed by atoms with Gasteiger partial charge in [0.15, 0.2) is 0 Å². The Morgan fingerprint density at radius 2 is 1.73 bits per heavy atom. The third kappa shape index (κ3) is 1.96. The highest BCUT2D eigenvalue weighted by Gasteiger charge is 2.33. The van der Waals surface area contributed by atoms with E-state index >= 15 is 0 Å². The van der Waals surface area contributed by atoms with Crippen LogP contribution in [0.5, 0.6) is 0 Å². The third-order valence-corrected chi connectivity index (χ3v) is 2.67. The van der Waals surface area contributed by atoms with Crippen molar-refractivity contribution >= 4 is 0 Å². The molecule has 11 heavy (non-hydrogen) atoms. The molecule has 1 rings (SSSR count). The minimum atomic E-state index is -0.0307. The van der Waals surface area contributed by atoms with Crippen LogP contribution in [-0.4, -0.2) is 0 Å². The second kappa shape index (κ2) is 2.85. The molecule has 1 fully saturated rings. The first kappa shape index (κ1) is 8.59. The summed E-state index contributed by atoms with van der Waals surface area (Å²) in [6.07, 6.45) is 3.49. The van der Waals surface area contributed by atoms with E-state index in [9.17, 15) is 0 Å². The lowest BCUT2D eigenvalue weighted by molar-refractivity contribution is 0.176. The average Bonchev–Trinajstić information content (AvgIpc) is 1.84. The van der Waals surface area contributed by atoms with Crippen LogP contribution in [-0.2, 0) is 0 Å². The van der Waals surface area contributed by atoms with E-state index in [1.54, 1.807) is 0 Å². The predicted octanol–water partition coefficient (Wildman–Crippen LogP) is 2.97. The molecule has 0 aromatic heterocycles. The minimum Gasteiger partial charge on any atom is -0.198 e. The van der Waals surface area contributed by atoms with Crippen molar-refractivity contribution in [3.8, 4) is 6.07 Å². The summed E-state index contributed by atoms with van der Waals surface area (Å²) in [7, 11) is 0. The fraction of sp³-hybridized carbons (Fsp3) is 0.900. The van der Waals surface area contributed by atoms with Crippen LogP contribution in [0.1, 0.15) is 40.0 Å². The molecule has 62 valence electrons. The van der Waals surface area contributed by atoms with E-state index in [-0.39, 0.29) is 5.41 Å². The van der Waals surface area contributed by atoms with Crippen molar-refractivity contribution in [2.75, 3.05) is 0 Å². The molecule has 1 heteroatoms. The standard InChI is InChI=1S/C10H17N/c1-8-4-9(2)6-10(3,5-8)7-11/h8-9H,4-6H2,1-3H3/t8-,9+,10?. The molecule has 0 aromatic rings. The van der Waals surface area contributed by atoms with Crippen LogP contribution in [0.15, 0.2) is 0 Å². The summed E-state index contributed by atoms with van der Waals surface area (Å²) in [4.78, 5) is 0. The Morgan fingerprint density at radius 1 is 1.27 bits per heavy atom. The fourth-order valence-electron chi connectivity index (χ4n) is 2.57. The van der Waals surface area contributed by atoms with E-state index in [1.165, 1.54) is 6.42 Å². The number of nitriles is 1. The van der Waals surface area contributed by atoms with Gasteiger partial charge in [0.2, 0.25) is 0 Å². The number of rotatable bonds is 0. The molecule has 0 saturated heterocycles. The predicted molar refractivity (Wildman–Crippen MR) is 45.9 cm³/mol. The lowest BCUT2D eigenvalue weighted by Crippen LogP contribution is -2.27. The molecule has 1 aliphatic carbocycles. The van der Waals surface area contributed by atoms with Crippen molar-refractivity contribution in [1.82, 2.24) is 0 Å². The topological polar surface area (TPSA) is 23.8 Å². The van der Waals surface area contributed by atoms with Crippen LogP contribution < -0.4 is 0 Å². The summed E-state index contributed by atoms with van der Waals surface area (Å²) in [5.74, 6) is 1.48. The van der Waals surface area contributed by atoms with Gasteiger partial charge < -0.3 is 0 Å². The maximum Gasteiger partial charge on any atom is 0.0687 e. The molecule has 0 heterocycles. The van der Waals surface area contributed by atoms with E-state index in [0.717, 1.165) is 24.7 Å². The highest BCUT2D eigenvalue weighted by atomic mass is 14.4. The average molecular weight is 151 g/mol. The van der Waals surface area contributed by atoms with Gasteiger partial charge in [-0.3, -0.25) is 0 Å². The Balaban J connectivity index is 2.64. The van der Waals surface area contributed by atoms with E-state index in [4.69, 9.17) is 5.26 Å². The van der Waals surface area contributed by atoms with E-state index in [2.05, 4.69) is 26.8 Å². The summed E-state index contributed by atoms with van der Waals surface area (Å²) < 4.78 is 0. The zero-order valence-electron chi connectivity index (χ0n) is 7.72. The Hall–Kier alpha value is -0.510. The Bertz CT molecular complexity index is 168. The third-order valence-electron chi connectivity index (χ3n) is 2.67. The largest absolute Gasteiger partial charge is 0.198 e. The van der Waals surface area contributed by atoms with Crippen molar-refractivity contribution in [1.29, 1.82) is 5.26 Å². The first-order valence-corrected chi connectivity index (χ1v) is 4.47. The summed E-state index contributed by atoms with van der Waals surface area (Å²) in [6.45, 7) is 6.61. The Labute approximate surface area is 69.4 Å². The Kier molecular flexibility index (Phi) is 2.23. The normalized spacial score (nSPS) is 44.9. The SMILES string of the molecule is C[C@@H]1C[C@H](C)CC(C)(C#N)C1. The van der Waals surface area contributed by atoms with Gasteiger partial charge in [0, 0.05) is 0 Å². The van der Waals surface area contributed by atoms with Crippen LogP contribution in [0.2, 0.25) is 0 Å². The number of nitrogens with zero attached hydrogens (tertiary/aromatic N) is 1. The molecular weight excluding hydrogens is 134 g/mol. The molecule has 0 spiro atoms. The first-order chi connectivity index (χ1) is 5.06. The molecule has 0 N–H and O–H groups in total. The molecule has 0 aliphatic heterocycles. The lowest BCUT2D eigenvalue weighted by Gasteiger charge is -2.35. The van der Waals surface area contributed by atoms with Gasteiger partial charge in [-0.15, -0.1) is 0 Å². The second-order valence-corrected chi connectivity index (χ2v) is 4.53. The summed E-state index contributed by atoms with van der Waals surface area (Å²) in [6, 6.07) is 2.44. The summed E-state index contributed by atoms with van der Waals surface area (Å²) >= 11 is 0. The highest BCUT2D eigenvalue weighted by molar-refractivity contribution is 4.99. The van der Waals surface area contributed by atoms with Gasteiger partial charge in [0.25, 0.3) is 0 Å². The Morgan fingerprint density at radius 3 is 2.09 bits per heavy atom. The molecule has 1 aliphatic rings. The zero-order valence-corrected chi connectivity index (χ0v) is 7.72. The van der Waals surface area contributed by atoms with Gasteiger partial charge >= 0.3 is 0 Å². The van der Waals surface area contributed by atoms with Crippen LogP contribution in [0.3, 0.4) is 0 Å². The second-order valence-electron chi connectivity index (χ2n) is 4.53. The molecule has 1 nitrogen and oxygen atoms in total. The van der Waals surface area contributed by atoms with E-state index < -0.39 is 0 Å². The van der Waals surface area contributed by atoms with Gasteiger partial charge in [-0.2, -0.15) is 5.26 Å². The lowest BCUT2D eigenvalue weighted by atomic mass is 9.68. The van der Waals surface area contributed by atoms with Crippen LogP contribution >= 0.6 is 0 Å². The molecule has 0 bridgehead atoms. The van der Waals surface area contributed by atoms with Crippen molar-refractivity contribution in [2.45, 2.75) is 40.0 Å². The molecule has 0 aromatic carbocycles. The monoisotopic (exact) mass is 151 g/mol. The van der Waals surface area contributed by atoms with Crippen molar-refractivity contribution in [3.63, 3.8) is 0 Å².